The van der Waals surface area contributed by atoms with Crippen LogP contribution in [0, 0.1) is 0 Å². The standard InChI is InChI=1S/2C16H14ClN3O2/c1-22-14-5-3-2-4-10(14)9-18-11-6-7-12-13(8-11)15(17)19-20-16(12)21;1-22-14-5-3-2-4-10(14)9-18-11-6-7-12-13(8-11)16(21)20-19-15(12)17/h2*2-8,18H,9H2,1H3,(H,20,21). The van der Waals surface area contributed by atoms with Gasteiger partial charge in [-0.15, -0.1) is 0 Å². The monoisotopic (exact) mass is 630 g/mol. The first kappa shape index (κ1) is 30.4. The Morgan fingerprint density at radius 3 is 1.61 bits per heavy atom. The summed E-state index contributed by atoms with van der Waals surface area (Å²) in [6.45, 7) is 1.19. The molecule has 0 saturated heterocycles. The number of para-hydroxylation sites is 2. The van der Waals surface area contributed by atoms with E-state index in [9.17, 15) is 9.59 Å². The fourth-order valence-electron chi connectivity index (χ4n) is 4.58. The molecule has 0 fully saturated rings. The van der Waals surface area contributed by atoms with Crippen LogP contribution in [0.15, 0.2) is 94.5 Å². The number of rotatable bonds is 8. The molecule has 10 nitrogen and oxygen atoms in total. The molecule has 44 heavy (non-hydrogen) atoms. The van der Waals surface area contributed by atoms with Gasteiger partial charge in [0.1, 0.15) is 11.5 Å². The lowest BCUT2D eigenvalue weighted by Crippen LogP contribution is -2.09. The number of aromatic amines is 2. The highest BCUT2D eigenvalue weighted by molar-refractivity contribution is 6.34. The van der Waals surface area contributed by atoms with E-state index >= 15 is 0 Å². The zero-order valence-corrected chi connectivity index (χ0v) is 25.3. The van der Waals surface area contributed by atoms with Gasteiger partial charge in [0.25, 0.3) is 11.1 Å². The first-order valence-electron chi connectivity index (χ1n) is 13.5. The average molecular weight is 632 g/mol. The van der Waals surface area contributed by atoms with Gasteiger partial charge < -0.3 is 20.1 Å². The number of benzene rings is 4. The van der Waals surface area contributed by atoms with Crippen LogP contribution in [0.3, 0.4) is 0 Å². The molecular formula is C32H28Cl2N6O4. The maximum absolute atomic E-state index is 11.8. The van der Waals surface area contributed by atoms with E-state index in [1.54, 1.807) is 32.4 Å². The molecular weight excluding hydrogens is 603 g/mol. The predicted octanol–water partition coefficient (Wildman–Crippen LogP) is 6.39. The van der Waals surface area contributed by atoms with Crippen LogP contribution in [0.2, 0.25) is 10.3 Å². The van der Waals surface area contributed by atoms with Gasteiger partial charge in [0.05, 0.1) is 25.0 Å². The fourth-order valence-corrected chi connectivity index (χ4v) is 4.98. The van der Waals surface area contributed by atoms with Gasteiger partial charge in [-0.2, -0.15) is 10.2 Å². The van der Waals surface area contributed by atoms with Gasteiger partial charge in [0.15, 0.2) is 10.3 Å². The summed E-state index contributed by atoms with van der Waals surface area (Å²) in [4.78, 5) is 23.5. The smallest absolute Gasteiger partial charge is 0.272 e. The molecule has 0 amide bonds. The number of anilines is 2. The van der Waals surface area contributed by atoms with Crippen LogP contribution < -0.4 is 31.2 Å². The maximum atomic E-state index is 11.8. The highest BCUT2D eigenvalue weighted by Gasteiger charge is 2.08. The zero-order valence-electron chi connectivity index (χ0n) is 23.8. The van der Waals surface area contributed by atoms with E-state index in [0.717, 1.165) is 34.0 Å². The molecule has 0 atom stereocenters. The largest absolute Gasteiger partial charge is 0.496 e. The van der Waals surface area contributed by atoms with Crippen LogP contribution in [-0.2, 0) is 13.1 Å². The summed E-state index contributed by atoms with van der Waals surface area (Å²) in [5.74, 6) is 1.65. The van der Waals surface area contributed by atoms with Crippen LogP contribution in [0.25, 0.3) is 21.5 Å². The van der Waals surface area contributed by atoms with E-state index in [2.05, 4.69) is 31.0 Å². The Kier molecular flexibility index (Phi) is 9.63. The van der Waals surface area contributed by atoms with Crippen LogP contribution >= 0.6 is 23.2 Å². The zero-order chi connectivity index (χ0) is 31.1. The van der Waals surface area contributed by atoms with Crippen molar-refractivity contribution >= 4 is 56.1 Å². The third-order valence-corrected chi connectivity index (χ3v) is 7.41. The molecule has 12 heteroatoms. The van der Waals surface area contributed by atoms with Crippen molar-refractivity contribution in [2.75, 3.05) is 24.9 Å². The number of ether oxygens (including phenoxy) is 2. The topological polar surface area (TPSA) is 134 Å². The number of halogens is 2. The van der Waals surface area contributed by atoms with Crippen LogP contribution in [0.1, 0.15) is 11.1 Å². The van der Waals surface area contributed by atoms with Crippen molar-refractivity contribution in [3.05, 3.63) is 127 Å². The molecule has 6 rings (SSSR count). The Bertz CT molecular complexity index is 2050. The van der Waals surface area contributed by atoms with Gasteiger partial charge in [0.2, 0.25) is 0 Å². The maximum Gasteiger partial charge on any atom is 0.272 e. The predicted molar refractivity (Wildman–Crippen MR) is 175 cm³/mol. The lowest BCUT2D eigenvalue weighted by Gasteiger charge is -2.11. The molecule has 0 spiro atoms. The van der Waals surface area contributed by atoms with E-state index < -0.39 is 0 Å². The molecule has 0 radical (unpaired) electrons. The van der Waals surface area contributed by atoms with E-state index in [0.29, 0.717) is 34.6 Å². The van der Waals surface area contributed by atoms with E-state index in [1.807, 2.05) is 66.7 Å². The SMILES string of the molecule is COc1ccccc1CNc1ccc2c(=O)[nH]nc(Cl)c2c1.COc1ccccc1CNc1ccc2c(Cl)n[nH]c(=O)c2c1. The Hall–Kier alpha value is -5.06. The molecule has 0 aliphatic heterocycles. The molecule has 0 saturated carbocycles. The van der Waals surface area contributed by atoms with E-state index in [4.69, 9.17) is 32.7 Å². The molecule has 0 bridgehead atoms. The highest BCUT2D eigenvalue weighted by Crippen LogP contribution is 2.25. The summed E-state index contributed by atoms with van der Waals surface area (Å²) < 4.78 is 10.6. The number of hydrogen-bond donors (Lipinski definition) is 4. The Balaban J connectivity index is 0.000000175. The minimum atomic E-state index is -0.264. The van der Waals surface area contributed by atoms with Crippen LogP contribution in [0.5, 0.6) is 11.5 Å². The van der Waals surface area contributed by atoms with Crippen molar-refractivity contribution in [3.63, 3.8) is 0 Å². The van der Waals surface area contributed by atoms with Gasteiger partial charge in [0, 0.05) is 46.4 Å². The van der Waals surface area contributed by atoms with E-state index in [1.165, 1.54) is 0 Å². The number of fused-ring (bicyclic) bond motifs is 2. The summed E-state index contributed by atoms with van der Waals surface area (Å²) in [5, 5.41) is 21.7. The number of nitrogens with zero attached hydrogens (tertiary/aromatic N) is 2. The molecule has 0 aliphatic rings. The Morgan fingerprint density at radius 1 is 0.614 bits per heavy atom. The summed E-state index contributed by atoms with van der Waals surface area (Å²) in [6.07, 6.45) is 0. The molecule has 2 aromatic heterocycles. The third kappa shape index (κ3) is 6.94. The second-order valence-corrected chi connectivity index (χ2v) is 10.3. The molecule has 4 N–H and O–H groups in total. The van der Waals surface area contributed by atoms with Gasteiger partial charge in [-0.05, 0) is 48.5 Å². The van der Waals surface area contributed by atoms with Gasteiger partial charge >= 0.3 is 0 Å². The third-order valence-electron chi connectivity index (χ3n) is 6.84. The summed E-state index contributed by atoms with van der Waals surface area (Å²) in [5.41, 5.74) is 3.24. The van der Waals surface area contributed by atoms with Crippen molar-refractivity contribution in [3.8, 4) is 11.5 Å². The number of nitrogens with one attached hydrogen (secondary N) is 4. The minimum absolute atomic E-state index is 0.254. The molecule has 0 aliphatic carbocycles. The van der Waals surface area contributed by atoms with E-state index in [-0.39, 0.29) is 21.4 Å². The van der Waals surface area contributed by atoms with Gasteiger partial charge in [-0.1, -0.05) is 59.6 Å². The molecule has 0 unspecified atom stereocenters. The Morgan fingerprint density at radius 2 is 1.07 bits per heavy atom. The fraction of sp³-hybridized carbons (Fsp3) is 0.125. The highest BCUT2D eigenvalue weighted by atomic mass is 35.5. The van der Waals surface area contributed by atoms with Crippen molar-refractivity contribution in [1.29, 1.82) is 0 Å². The van der Waals surface area contributed by atoms with Crippen LogP contribution in [0.4, 0.5) is 11.4 Å². The molecule has 2 heterocycles. The van der Waals surface area contributed by atoms with Crippen LogP contribution in [-0.4, -0.2) is 34.6 Å². The molecule has 224 valence electrons. The second-order valence-electron chi connectivity index (χ2n) is 9.54. The van der Waals surface area contributed by atoms with Crippen molar-refractivity contribution in [2.45, 2.75) is 13.1 Å². The summed E-state index contributed by atoms with van der Waals surface area (Å²) in [6, 6.07) is 26.4. The first-order chi connectivity index (χ1) is 21.4. The quantitative estimate of drug-likeness (QED) is 0.152. The summed E-state index contributed by atoms with van der Waals surface area (Å²) >= 11 is 12.0. The molecule has 4 aromatic carbocycles. The van der Waals surface area contributed by atoms with Crippen molar-refractivity contribution in [1.82, 2.24) is 20.4 Å². The second kappa shape index (κ2) is 13.9. The summed E-state index contributed by atoms with van der Waals surface area (Å²) in [7, 11) is 3.29. The van der Waals surface area contributed by atoms with Crippen molar-refractivity contribution < 1.29 is 9.47 Å². The normalized spacial score (nSPS) is 10.6. The lowest BCUT2D eigenvalue weighted by atomic mass is 10.1. The lowest BCUT2D eigenvalue weighted by molar-refractivity contribution is 0.410. The Labute approximate surface area is 262 Å². The van der Waals surface area contributed by atoms with Gasteiger partial charge in [-0.25, -0.2) is 10.2 Å². The molecule has 6 aromatic rings. The van der Waals surface area contributed by atoms with Gasteiger partial charge in [-0.3, -0.25) is 9.59 Å². The number of methoxy groups -OCH3 is 2. The number of aromatic nitrogens is 4. The van der Waals surface area contributed by atoms with Crippen molar-refractivity contribution in [2.24, 2.45) is 0 Å². The average Bonchev–Trinajstić information content (AvgIpc) is 3.06. The number of hydrogen-bond acceptors (Lipinski definition) is 8. The minimum Gasteiger partial charge on any atom is -0.496 e. The first-order valence-corrected chi connectivity index (χ1v) is 14.2. The number of H-pyrrole nitrogens is 2.